The Hall–Kier alpha value is -1.99. The Labute approximate surface area is 121 Å². The van der Waals surface area contributed by atoms with E-state index in [1.807, 2.05) is 0 Å². The maximum absolute atomic E-state index is 13.7. The number of likely N-dealkylation sites (N-methyl/N-ethyl adjacent to an activating group) is 1. The molecule has 6 nitrogen and oxygen atoms in total. The van der Waals surface area contributed by atoms with E-state index < -0.39 is 17.7 Å². The van der Waals surface area contributed by atoms with Gasteiger partial charge < -0.3 is 20.1 Å². The Morgan fingerprint density at radius 2 is 2.14 bits per heavy atom. The van der Waals surface area contributed by atoms with E-state index in [1.54, 1.807) is 7.05 Å². The summed E-state index contributed by atoms with van der Waals surface area (Å²) in [5, 5.41) is 5.47. The van der Waals surface area contributed by atoms with Crippen molar-refractivity contribution in [2.24, 2.45) is 5.92 Å². The topological polar surface area (TPSA) is 76.7 Å². The van der Waals surface area contributed by atoms with Crippen LogP contribution in [0.3, 0.4) is 0 Å². The number of anilines is 1. The predicted molar refractivity (Wildman–Crippen MR) is 73.5 cm³/mol. The molecule has 1 fully saturated rings. The van der Waals surface area contributed by atoms with Crippen molar-refractivity contribution in [2.75, 3.05) is 32.7 Å². The van der Waals surface area contributed by atoms with Gasteiger partial charge in [0.1, 0.15) is 5.82 Å². The van der Waals surface area contributed by atoms with Crippen molar-refractivity contribution in [3.05, 3.63) is 29.6 Å². The highest BCUT2D eigenvalue weighted by atomic mass is 19.1. The predicted octanol–water partition coefficient (Wildman–Crippen LogP) is 0.785. The minimum Gasteiger partial charge on any atom is -0.465 e. The van der Waals surface area contributed by atoms with Gasteiger partial charge in [-0.05, 0) is 25.2 Å². The minimum absolute atomic E-state index is 0.0512. The molecule has 0 spiro atoms. The van der Waals surface area contributed by atoms with Gasteiger partial charge in [-0.15, -0.1) is 0 Å². The van der Waals surface area contributed by atoms with Gasteiger partial charge in [-0.2, -0.15) is 0 Å². The molecule has 0 radical (unpaired) electrons. The molecule has 1 aromatic carbocycles. The van der Waals surface area contributed by atoms with Crippen molar-refractivity contribution in [1.82, 2.24) is 5.32 Å². The Bertz CT molecular complexity index is 550. The summed E-state index contributed by atoms with van der Waals surface area (Å²) in [6.45, 7) is 0.703. The molecule has 2 N–H and O–H groups in total. The van der Waals surface area contributed by atoms with Crippen LogP contribution in [0.15, 0.2) is 18.2 Å². The molecule has 2 rings (SSSR count). The van der Waals surface area contributed by atoms with Crippen LogP contribution >= 0.6 is 0 Å². The normalized spacial score (nSPS) is 21.1. The zero-order valence-electron chi connectivity index (χ0n) is 11.8. The zero-order valence-corrected chi connectivity index (χ0v) is 11.8. The molecule has 2 unspecified atom stereocenters. The lowest BCUT2D eigenvalue weighted by Gasteiger charge is -2.17. The standard InChI is InChI=1S/C14H17FN2O4/c1-16-12-7-21-6-9(12)13(18)17-11-5-8(14(19)20-2)3-4-10(11)15/h3-5,9,12,16H,6-7H2,1-2H3,(H,17,18). The van der Waals surface area contributed by atoms with Crippen LogP contribution in [0.1, 0.15) is 10.4 Å². The van der Waals surface area contributed by atoms with Gasteiger partial charge in [-0.1, -0.05) is 0 Å². The fourth-order valence-corrected chi connectivity index (χ4v) is 2.19. The fourth-order valence-electron chi connectivity index (χ4n) is 2.19. The number of rotatable bonds is 4. The molecule has 0 saturated carbocycles. The molecule has 1 amide bonds. The second-order valence-corrected chi connectivity index (χ2v) is 4.71. The molecule has 1 aliphatic rings. The maximum atomic E-state index is 13.7. The van der Waals surface area contributed by atoms with Crippen molar-refractivity contribution >= 4 is 17.6 Å². The molecular formula is C14H17FN2O4. The third-order valence-corrected chi connectivity index (χ3v) is 3.43. The van der Waals surface area contributed by atoms with Gasteiger partial charge in [0.2, 0.25) is 5.91 Å². The van der Waals surface area contributed by atoms with Gasteiger partial charge in [-0.3, -0.25) is 4.79 Å². The highest BCUT2D eigenvalue weighted by Crippen LogP contribution is 2.20. The van der Waals surface area contributed by atoms with E-state index in [-0.39, 0.29) is 29.8 Å². The molecule has 1 aliphatic heterocycles. The number of hydrogen-bond acceptors (Lipinski definition) is 5. The molecule has 2 atom stereocenters. The lowest BCUT2D eigenvalue weighted by molar-refractivity contribution is -0.120. The lowest BCUT2D eigenvalue weighted by atomic mass is 10.0. The number of halogens is 1. The van der Waals surface area contributed by atoms with E-state index in [9.17, 15) is 14.0 Å². The van der Waals surface area contributed by atoms with Gasteiger partial charge in [0.15, 0.2) is 0 Å². The molecule has 21 heavy (non-hydrogen) atoms. The quantitative estimate of drug-likeness (QED) is 0.803. The van der Waals surface area contributed by atoms with Gasteiger partial charge in [0, 0.05) is 6.04 Å². The number of amides is 1. The number of benzene rings is 1. The molecule has 114 valence electrons. The summed E-state index contributed by atoms with van der Waals surface area (Å²) in [5.41, 5.74) is 0.117. The third-order valence-electron chi connectivity index (χ3n) is 3.43. The number of nitrogens with one attached hydrogen (secondary N) is 2. The van der Waals surface area contributed by atoms with Gasteiger partial charge in [0.05, 0.1) is 37.5 Å². The van der Waals surface area contributed by atoms with Crippen LogP contribution in [-0.2, 0) is 14.3 Å². The van der Waals surface area contributed by atoms with Gasteiger partial charge >= 0.3 is 5.97 Å². The Morgan fingerprint density at radius 1 is 1.38 bits per heavy atom. The second kappa shape index (κ2) is 6.64. The number of carbonyl (C=O) groups excluding carboxylic acids is 2. The fraction of sp³-hybridized carbons (Fsp3) is 0.429. The lowest BCUT2D eigenvalue weighted by Crippen LogP contribution is -2.39. The summed E-state index contributed by atoms with van der Waals surface area (Å²) in [6.07, 6.45) is 0. The maximum Gasteiger partial charge on any atom is 0.337 e. The Balaban J connectivity index is 2.15. The second-order valence-electron chi connectivity index (χ2n) is 4.71. The first-order valence-electron chi connectivity index (χ1n) is 6.50. The summed E-state index contributed by atoms with van der Waals surface area (Å²) < 4.78 is 23.6. The van der Waals surface area contributed by atoms with E-state index in [0.29, 0.717) is 6.61 Å². The summed E-state index contributed by atoms with van der Waals surface area (Å²) in [7, 11) is 2.97. The molecule has 0 bridgehead atoms. The zero-order chi connectivity index (χ0) is 15.4. The van der Waals surface area contributed by atoms with E-state index >= 15 is 0 Å². The molecule has 1 aromatic rings. The van der Waals surface area contributed by atoms with E-state index in [2.05, 4.69) is 15.4 Å². The summed E-state index contributed by atoms with van der Waals surface area (Å²) in [6, 6.07) is 3.55. The molecule has 0 aromatic heterocycles. The van der Waals surface area contributed by atoms with Crippen molar-refractivity contribution in [3.8, 4) is 0 Å². The Kier molecular flexibility index (Phi) is 4.87. The smallest absolute Gasteiger partial charge is 0.337 e. The van der Waals surface area contributed by atoms with Gasteiger partial charge in [-0.25, -0.2) is 9.18 Å². The van der Waals surface area contributed by atoms with Crippen LogP contribution in [0.2, 0.25) is 0 Å². The molecule has 7 heteroatoms. The van der Waals surface area contributed by atoms with E-state index in [0.717, 1.165) is 6.07 Å². The van der Waals surface area contributed by atoms with E-state index in [4.69, 9.17) is 4.74 Å². The van der Waals surface area contributed by atoms with Crippen LogP contribution in [0.25, 0.3) is 0 Å². The third kappa shape index (κ3) is 3.37. The summed E-state index contributed by atoms with van der Waals surface area (Å²) in [5.74, 6) is -1.97. The molecule has 1 heterocycles. The number of methoxy groups -OCH3 is 1. The average molecular weight is 296 g/mol. The first kappa shape index (κ1) is 15.4. The first-order chi connectivity index (χ1) is 10.1. The highest BCUT2D eigenvalue weighted by Gasteiger charge is 2.33. The van der Waals surface area contributed by atoms with Gasteiger partial charge in [0.25, 0.3) is 0 Å². The average Bonchev–Trinajstić information content (AvgIpc) is 2.97. The van der Waals surface area contributed by atoms with Crippen LogP contribution in [0, 0.1) is 11.7 Å². The molecule has 0 aliphatic carbocycles. The van der Waals surface area contributed by atoms with Crippen LogP contribution in [0.5, 0.6) is 0 Å². The summed E-state index contributed by atoms with van der Waals surface area (Å²) >= 11 is 0. The van der Waals surface area contributed by atoms with Crippen molar-refractivity contribution in [2.45, 2.75) is 6.04 Å². The first-order valence-corrected chi connectivity index (χ1v) is 6.50. The van der Waals surface area contributed by atoms with Crippen LogP contribution in [-0.4, -0.2) is 45.3 Å². The van der Waals surface area contributed by atoms with Crippen LogP contribution in [0.4, 0.5) is 10.1 Å². The molecule has 1 saturated heterocycles. The SMILES string of the molecule is CNC1COCC1C(=O)Nc1cc(C(=O)OC)ccc1F. The number of esters is 1. The largest absolute Gasteiger partial charge is 0.465 e. The highest BCUT2D eigenvalue weighted by molar-refractivity contribution is 5.96. The summed E-state index contributed by atoms with van der Waals surface area (Å²) in [4.78, 5) is 23.6. The Morgan fingerprint density at radius 3 is 2.81 bits per heavy atom. The van der Waals surface area contributed by atoms with Crippen molar-refractivity contribution < 1.29 is 23.5 Å². The minimum atomic E-state index is -0.615. The number of ether oxygens (including phenoxy) is 2. The number of hydrogen-bond donors (Lipinski definition) is 2. The van der Waals surface area contributed by atoms with Crippen molar-refractivity contribution in [1.29, 1.82) is 0 Å². The van der Waals surface area contributed by atoms with Crippen molar-refractivity contribution in [3.63, 3.8) is 0 Å². The monoisotopic (exact) mass is 296 g/mol. The molecular weight excluding hydrogens is 279 g/mol. The van der Waals surface area contributed by atoms with E-state index in [1.165, 1.54) is 19.2 Å². The van der Waals surface area contributed by atoms with Crippen LogP contribution < -0.4 is 10.6 Å². The number of carbonyl (C=O) groups is 2.